The molecule has 7 atom stereocenters. The van der Waals surface area contributed by atoms with Crippen LogP contribution >= 0.6 is 0 Å². The average molecular weight is 757 g/mol. The van der Waals surface area contributed by atoms with Crippen LogP contribution in [0.3, 0.4) is 0 Å². The lowest BCUT2D eigenvalue weighted by Gasteiger charge is -2.42. The first-order chi connectivity index (χ1) is 29.7. The van der Waals surface area contributed by atoms with Gasteiger partial charge in [0.2, 0.25) is 0 Å². The maximum Gasteiger partial charge on any atom is 0.189 e. The van der Waals surface area contributed by atoms with Gasteiger partial charge in [-0.1, -0.05) is 96.6 Å². The van der Waals surface area contributed by atoms with Gasteiger partial charge in [-0.3, -0.25) is 4.79 Å². The number of carbonyl (C=O) groups is 1. The molecule has 11 aromatic carbocycles. The molecule has 0 aliphatic heterocycles. The van der Waals surface area contributed by atoms with Crippen molar-refractivity contribution in [1.29, 1.82) is 0 Å². The average Bonchev–Trinajstić information content (AvgIpc) is 4.14. The van der Waals surface area contributed by atoms with E-state index in [4.69, 9.17) is 0 Å². The van der Waals surface area contributed by atoms with E-state index < -0.39 is 0 Å². The third kappa shape index (κ3) is 2.39. The number of benzene rings is 8. The largest absolute Gasteiger partial charge is 0.289 e. The van der Waals surface area contributed by atoms with Gasteiger partial charge in [-0.15, -0.1) is 0 Å². The zero-order chi connectivity index (χ0) is 37.7. The first-order valence-electron chi connectivity index (χ1n) is 22.8. The van der Waals surface area contributed by atoms with Crippen molar-refractivity contribution in [2.24, 2.45) is 17.8 Å². The summed E-state index contributed by atoms with van der Waals surface area (Å²) in [5.74, 6) is 2.68. The molecule has 0 bridgehead atoms. The quantitative estimate of drug-likeness (QED) is 0.130. The summed E-state index contributed by atoms with van der Waals surface area (Å²) in [7, 11) is 0. The second-order valence-electron chi connectivity index (χ2n) is 21.1. The fourth-order valence-corrected chi connectivity index (χ4v) is 18.1. The lowest BCUT2D eigenvalue weighted by Crippen LogP contribution is -2.40. The molecule has 0 saturated heterocycles. The number of hydrogen-bond acceptors (Lipinski definition) is 1. The predicted molar refractivity (Wildman–Crippen MR) is 243 cm³/mol. The Morgan fingerprint density at radius 3 is 2.30 bits per heavy atom. The molecule has 0 N–H and O–H groups in total. The van der Waals surface area contributed by atoms with Crippen LogP contribution in [0.15, 0.2) is 96.6 Å². The van der Waals surface area contributed by atoms with E-state index in [9.17, 15) is 0 Å². The van der Waals surface area contributed by atoms with Gasteiger partial charge in [0.05, 0.1) is 0 Å². The van der Waals surface area contributed by atoms with E-state index in [1.54, 1.807) is 136 Å². The summed E-state index contributed by atoms with van der Waals surface area (Å²) in [6.45, 7) is 0. The van der Waals surface area contributed by atoms with Crippen molar-refractivity contribution in [2.75, 3.05) is 0 Å². The first-order valence-corrected chi connectivity index (χ1v) is 22.8. The van der Waals surface area contributed by atoms with Gasteiger partial charge in [0.1, 0.15) is 0 Å². The van der Waals surface area contributed by atoms with Gasteiger partial charge in [0.15, 0.2) is 5.78 Å². The monoisotopic (exact) mass is 756 g/mol. The highest BCUT2D eigenvalue weighted by molar-refractivity contribution is 6.52. The van der Waals surface area contributed by atoms with Gasteiger partial charge in [-0.25, -0.2) is 0 Å². The van der Waals surface area contributed by atoms with E-state index in [1.807, 2.05) is 0 Å². The molecular formula is C59H32O. The van der Waals surface area contributed by atoms with Crippen molar-refractivity contribution in [2.45, 2.75) is 55.3 Å². The van der Waals surface area contributed by atoms with E-state index in [-0.39, 0.29) is 23.0 Å². The van der Waals surface area contributed by atoms with E-state index in [2.05, 4.69) is 97.1 Å². The van der Waals surface area contributed by atoms with Crippen molar-refractivity contribution in [3.8, 4) is 0 Å². The molecule has 7 unspecified atom stereocenters. The van der Waals surface area contributed by atoms with Crippen LogP contribution in [0, 0.1) is 17.8 Å². The number of Topliss-reactive ketones (excluding diaryl/α,β-unsaturated/α-hetero) is 1. The smallest absolute Gasteiger partial charge is 0.189 e. The summed E-state index contributed by atoms with van der Waals surface area (Å²) in [4.78, 5) is 15.6. The highest BCUT2D eigenvalue weighted by Gasteiger charge is 2.61. The highest BCUT2D eigenvalue weighted by Crippen LogP contribution is 2.72. The van der Waals surface area contributed by atoms with Crippen LogP contribution < -0.4 is 15.7 Å². The van der Waals surface area contributed by atoms with E-state index in [0.29, 0.717) is 23.7 Å². The van der Waals surface area contributed by atoms with Gasteiger partial charge in [-0.05, 0) is 196 Å². The maximum absolute atomic E-state index is 15.6. The first kappa shape index (κ1) is 28.2. The Morgan fingerprint density at radius 1 is 0.583 bits per heavy atom. The van der Waals surface area contributed by atoms with Gasteiger partial charge < -0.3 is 0 Å². The van der Waals surface area contributed by atoms with Crippen LogP contribution in [0.5, 0.6) is 0 Å². The summed E-state index contributed by atoms with van der Waals surface area (Å²) in [6, 6.07) is 31.7. The van der Waals surface area contributed by atoms with Crippen LogP contribution in [0.4, 0.5) is 0 Å². The van der Waals surface area contributed by atoms with Crippen molar-refractivity contribution in [3.63, 3.8) is 0 Å². The summed E-state index contributed by atoms with van der Waals surface area (Å²) in [6.07, 6.45) is 11.1. The summed E-state index contributed by atoms with van der Waals surface area (Å²) in [5, 5.41) is 30.1. The van der Waals surface area contributed by atoms with Crippen molar-refractivity contribution < 1.29 is 4.79 Å². The van der Waals surface area contributed by atoms with Gasteiger partial charge in [0.25, 0.3) is 0 Å². The number of allylic oxidation sites excluding steroid dienone is 2. The molecule has 1 fully saturated rings. The molecule has 1 spiro atoms. The molecule has 60 heavy (non-hydrogen) atoms. The Balaban J connectivity index is 1.05. The molecule has 20 rings (SSSR count). The molecule has 0 radical (unpaired) electrons. The van der Waals surface area contributed by atoms with E-state index in [0.717, 1.165) is 35.8 Å². The molecule has 1 heteroatoms. The van der Waals surface area contributed by atoms with Gasteiger partial charge in [-0.2, -0.15) is 0 Å². The topological polar surface area (TPSA) is 17.1 Å². The molecule has 1 nitrogen and oxygen atoms in total. The molecule has 11 aromatic rings. The Labute approximate surface area is 342 Å². The minimum Gasteiger partial charge on any atom is -0.289 e. The van der Waals surface area contributed by atoms with Gasteiger partial charge >= 0.3 is 0 Å². The lowest BCUT2D eigenvalue weighted by molar-refractivity contribution is 0.102. The van der Waals surface area contributed by atoms with Crippen LogP contribution in [-0.2, 0) is 24.7 Å². The third-order valence-electron chi connectivity index (χ3n) is 19.3. The maximum atomic E-state index is 15.6. The fourth-order valence-electron chi connectivity index (χ4n) is 18.1. The third-order valence-corrected chi connectivity index (χ3v) is 19.3. The highest BCUT2D eigenvalue weighted by atomic mass is 16.1. The molecule has 1 saturated carbocycles. The predicted octanol–water partition coefficient (Wildman–Crippen LogP) is 10.8. The summed E-state index contributed by atoms with van der Waals surface area (Å²) in [5.41, 5.74) is 16.2. The summed E-state index contributed by atoms with van der Waals surface area (Å²) >= 11 is 0. The Hall–Kier alpha value is -6.31. The van der Waals surface area contributed by atoms with Crippen LogP contribution in [0.25, 0.3) is 103 Å². The molecule has 0 amide bonds. The van der Waals surface area contributed by atoms with Crippen LogP contribution in [0.1, 0.15) is 79.9 Å². The van der Waals surface area contributed by atoms with E-state index in [1.165, 1.54) is 23.8 Å². The van der Waals surface area contributed by atoms with Gasteiger partial charge in [0, 0.05) is 40.2 Å². The lowest BCUT2D eigenvalue weighted by atomic mass is 9.60. The molecule has 0 heterocycles. The zero-order valence-corrected chi connectivity index (χ0v) is 32.6. The minimum absolute atomic E-state index is 0.0107. The molecular weight excluding hydrogens is 725 g/mol. The number of rotatable bonds is 3. The number of carbonyl (C=O) groups excluding carboxylic acids is 1. The molecule has 0 aromatic heterocycles. The second-order valence-corrected chi connectivity index (χ2v) is 21.1. The minimum atomic E-state index is -0.265. The van der Waals surface area contributed by atoms with E-state index >= 15 is 4.79 Å². The fraction of sp³-hybridized carbons (Fsp3) is 0.203. The van der Waals surface area contributed by atoms with Crippen LogP contribution in [0.2, 0.25) is 0 Å². The SMILES string of the molecule is O=C(C1=CC23Cc4cc5c6c7c8c9c%10c%11c(cc%12c%13c%14c%15c(c%16c2c4c6c8c%16c%15c9c%13%11)=C(CC%14C%12)C3C1c1ccccc1)=CC1CC(C5)C7C=%101)c1ccc2ccccc2c1. The second kappa shape index (κ2) is 8.12. The van der Waals surface area contributed by atoms with Crippen LogP contribution in [-0.4, -0.2) is 5.78 Å². The summed E-state index contributed by atoms with van der Waals surface area (Å²) < 4.78 is 0. The Bertz CT molecular complexity index is 4370. The van der Waals surface area contributed by atoms with Crippen molar-refractivity contribution in [1.82, 2.24) is 0 Å². The number of ketones is 1. The molecule has 9 aliphatic carbocycles. The number of fused-ring (bicyclic) bond motifs is 2. The van der Waals surface area contributed by atoms with Crippen molar-refractivity contribution >= 4 is 109 Å². The normalized spacial score (nSPS) is 28.6. The Kier molecular flexibility index (Phi) is 3.82. The van der Waals surface area contributed by atoms with Crippen molar-refractivity contribution in [3.05, 3.63) is 157 Å². The Morgan fingerprint density at radius 2 is 1.37 bits per heavy atom. The zero-order valence-electron chi connectivity index (χ0n) is 32.6. The molecule has 274 valence electrons. The standard InChI is InChI=1S/C59H32O/c60-58(25-11-10-22-6-4-5-9-24(22)12-25)34-21-59-20-32-18-30-16-27-13-26-14-29-15-28-17-31-19-33(56(59)35(34)23-7-2-1-3-8-23)43-48-39(31)38(28)45-40(29)44-36(26)37(27)46-41(30)47-42(32)57(59)55(43)54-52(47)50(46)49(44)51(45)53(48)54/h1-12,14-15,18,21,26-27,31,35,37,56H,13,16-17,19-20H2. The number of hydrogen-bond donors (Lipinski definition) is 0. The molecule has 9 aliphatic rings.